The van der Waals surface area contributed by atoms with Crippen LogP contribution in [0.4, 0.5) is 10.5 Å². The molecular weight excluding hydrogens is 430 g/mol. The van der Waals surface area contributed by atoms with E-state index in [0.29, 0.717) is 49.8 Å². The zero-order valence-corrected chi connectivity index (χ0v) is 19.9. The van der Waals surface area contributed by atoms with Crippen molar-refractivity contribution in [1.82, 2.24) is 9.80 Å². The Balaban J connectivity index is 0.00000385. The van der Waals surface area contributed by atoms with Gasteiger partial charge < -0.3 is 14.5 Å². The molecular formula is C23H37N3O5S. The van der Waals surface area contributed by atoms with Crippen LogP contribution in [0.1, 0.15) is 64.2 Å². The molecule has 8 nitrogen and oxygen atoms in total. The number of rotatable bonds is 8. The third kappa shape index (κ3) is 6.60. The number of nitrogens with zero attached hydrogens (tertiary/aromatic N) is 2. The zero-order chi connectivity index (χ0) is 23.1. The van der Waals surface area contributed by atoms with Crippen molar-refractivity contribution < 1.29 is 24.2 Å². The number of amides is 2. The Labute approximate surface area is 192 Å². The summed E-state index contributed by atoms with van der Waals surface area (Å²) in [7, 11) is -3.37. The molecule has 1 aromatic carbocycles. The van der Waals surface area contributed by atoms with Crippen molar-refractivity contribution >= 4 is 27.7 Å². The standard InChI is InChI=1S/C23H35N3O5S.H2/c1-3-16-32(29,30)24-21-10-8-20(9-11-21)22(27)26-14-13-25(17-18(26)2)23(28)31-15-12-19-6-4-5-7-19;/h8-11,18-19,24H,3-7,12-17H2,1-2H3;1H/t18-;/m1./s1. The van der Waals surface area contributed by atoms with Crippen LogP contribution >= 0.6 is 0 Å². The second-order valence-corrected chi connectivity index (χ2v) is 10.7. The van der Waals surface area contributed by atoms with Gasteiger partial charge in [-0.25, -0.2) is 13.2 Å². The van der Waals surface area contributed by atoms with Crippen LogP contribution in [-0.4, -0.2) is 68.3 Å². The molecule has 1 N–H and O–H groups in total. The summed E-state index contributed by atoms with van der Waals surface area (Å²) in [5, 5.41) is 0. The lowest BCUT2D eigenvalue weighted by Gasteiger charge is -2.39. The van der Waals surface area contributed by atoms with Gasteiger partial charge in [0.25, 0.3) is 5.91 Å². The van der Waals surface area contributed by atoms with Crippen LogP contribution in [0.3, 0.4) is 0 Å². The molecule has 9 heteroatoms. The molecule has 2 fully saturated rings. The predicted octanol–water partition coefficient (Wildman–Crippen LogP) is 3.95. The van der Waals surface area contributed by atoms with E-state index in [1.165, 1.54) is 25.7 Å². The van der Waals surface area contributed by atoms with E-state index in [0.717, 1.165) is 6.42 Å². The summed E-state index contributed by atoms with van der Waals surface area (Å²) in [4.78, 5) is 28.8. The second-order valence-electron chi connectivity index (χ2n) is 8.85. The third-order valence-electron chi connectivity index (χ3n) is 6.25. The van der Waals surface area contributed by atoms with Crippen molar-refractivity contribution in [2.75, 3.05) is 36.7 Å². The highest BCUT2D eigenvalue weighted by atomic mass is 32.2. The first-order chi connectivity index (χ1) is 15.3. The Hall–Kier alpha value is -2.29. The van der Waals surface area contributed by atoms with Gasteiger partial charge in [0.15, 0.2) is 0 Å². The number of ether oxygens (including phenoxy) is 1. The smallest absolute Gasteiger partial charge is 0.409 e. The van der Waals surface area contributed by atoms with Gasteiger partial charge in [0.05, 0.1) is 12.4 Å². The zero-order valence-electron chi connectivity index (χ0n) is 19.1. The minimum absolute atomic E-state index is 0. The van der Waals surface area contributed by atoms with Crippen molar-refractivity contribution in [3.63, 3.8) is 0 Å². The normalized spacial score (nSPS) is 19.8. The quantitative estimate of drug-likeness (QED) is 0.625. The first-order valence-electron chi connectivity index (χ1n) is 11.6. The van der Waals surface area contributed by atoms with Gasteiger partial charge in [-0.2, -0.15) is 0 Å². The molecule has 0 radical (unpaired) electrons. The van der Waals surface area contributed by atoms with Crippen LogP contribution in [0.5, 0.6) is 0 Å². The molecule has 1 aromatic rings. The molecule has 1 aliphatic carbocycles. The number of hydrogen-bond donors (Lipinski definition) is 1. The molecule has 180 valence electrons. The number of benzene rings is 1. The Bertz CT molecular complexity index is 888. The monoisotopic (exact) mass is 467 g/mol. The van der Waals surface area contributed by atoms with E-state index in [1.807, 2.05) is 6.92 Å². The topological polar surface area (TPSA) is 96.0 Å². The van der Waals surface area contributed by atoms with Crippen LogP contribution in [0, 0.1) is 5.92 Å². The SMILES string of the molecule is CCCS(=O)(=O)Nc1ccc(C(=O)N2CCN(C(=O)OCCC3CCCC3)C[C@H]2C)cc1.[HH]. The fourth-order valence-electron chi connectivity index (χ4n) is 4.47. The summed E-state index contributed by atoms with van der Waals surface area (Å²) in [5.74, 6) is 0.609. The maximum Gasteiger partial charge on any atom is 0.409 e. The van der Waals surface area contributed by atoms with E-state index in [1.54, 1.807) is 41.0 Å². The molecule has 1 saturated carbocycles. The molecule has 32 heavy (non-hydrogen) atoms. The number of carbonyl (C=O) groups excluding carboxylic acids is 2. The van der Waals surface area contributed by atoms with Crippen molar-refractivity contribution in [2.24, 2.45) is 5.92 Å². The van der Waals surface area contributed by atoms with Crippen molar-refractivity contribution in [2.45, 2.75) is 58.4 Å². The molecule has 3 rings (SSSR count). The van der Waals surface area contributed by atoms with Crippen LogP contribution in [0.2, 0.25) is 0 Å². The van der Waals surface area contributed by atoms with E-state index in [2.05, 4.69) is 4.72 Å². The Kier molecular flexibility index (Phi) is 8.39. The van der Waals surface area contributed by atoms with Gasteiger partial charge in [0.2, 0.25) is 10.0 Å². The van der Waals surface area contributed by atoms with Crippen molar-refractivity contribution in [3.8, 4) is 0 Å². The highest BCUT2D eigenvalue weighted by Crippen LogP contribution is 2.27. The fourth-order valence-corrected chi connectivity index (χ4v) is 5.61. The summed E-state index contributed by atoms with van der Waals surface area (Å²) >= 11 is 0. The third-order valence-corrected chi connectivity index (χ3v) is 7.74. The average Bonchev–Trinajstić information content (AvgIpc) is 3.27. The predicted molar refractivity (Wildman–Crippen MR) is 126 cm³/mol. The molecule has 1 atom stereocenters. The summed E-state index contributed by atoms with van der Waals surface area (Å²) in [6, 6.07) is 6.32. The van der Waals surface area contributed by atoms with E-state index in [4.69, 9.17) is 4.74 Å². The molecule has 2 aliphatic rings. The molecule has 1 saturated heterocycles. The Morgan fingerprint density at radius 1 is 1.16 bits per heavy atom. The van der Waals surface area contributed by atoms with Crippen LogP contribution in [0.15, 0.2) is 24.3 Å². The van der Waals surface area contributed by atoms with Crippen molar-refractivity contribution in [3.05, 3.63) is 29.8 Å². The van der Waals surface area contributed by atoms with Gasteiger partial charge in [-0.05, 0) is 49.9 Å². The van der Waals surface area contributed by atoms with Gasteiger partial charge in [-0.3, -0.25) is 9.52 Å². The lowest BCUT2D eigenvalue weighted by atomic mass is 10.1. The Morgan fingerprint density at radius 3 is 2.47 bits per heavy atom. The number of sulfonamides is 1. The van der Waals surface area contributed by atoms with E-state index >= 15 is 0 Å². The lowest BCUT2D eigenvalue weighted by molar-refractivity contribution is 0.0403. The second kappa shape index (κ2) is 11.0. The first kappa shape index (κ1) is 24.4. The maximum atomic E-state index is 13.0. The number of nitrogens with one attached hydrogen (secondary N) is 1. The van der Waals surface area contributed by atoms with Gasteiger partial charge in [-0.1, -0.05) is 32.6 Å². The number of carbonyl (C=O) groups is 2. The fraction of sp³-hybridized carbons (Fsp3) is 0.652. The van der Waals surface area contributed by atoms with Gasteiger partial charge in [0, 0.05) is 38.4 Å². The number of anilines is 1. The average molecular weight is 468 g/mol. The molecule has 2 amide bonds. The van der Waals surface area contributed by atoms with Crippen LogP contribution in [0.25, 0.3) is 0 Å². The minimum atomic E-state index is -3.37. The van der Waals surface area contributed by atoms with Crippen LogP contribution < -0.4 is 4.72 Å². The highest BCUT2D eigenvalue weighted by molar-refractivity contribution is 7.92. The van der Waals surface area contributed by atoms with E-state index < -0.39 is 10.0 Å². The number of piperazine rings is 1. The first-order valence-corrected chi connectivity index (χ1v) is 13.3. The maximum absolute atomic E-state index is 13.0. The van der Waals surface area contributed by atoms with Crippen LogP contribution in [-0.2, 0) is 14.8 Å². The summed E-state index contributed by atoms with van der Waals surface area (Å²) in [5.41, 5.74) is 0.927. The highest BCUT2D eigenvalue weighted by Gasteiger charge is 2.31. The number of hydrogen-bond acceptors (Lipinski definition) is 5. The summed E-state index contributed by atoms with van der Waals surface area (Å²) < 4.78 is 31.8. The summed E-state index contributed by atoms with van der Waals surface area (Å²) in [6.07, 6.45) is 6.20. The Morgan fingerprint density at radius 2 is 1.84 bits per heavy atom. The van der Waals surface area contributed by atoms with E-state index in [9.17, 15) is 18.0 Å². The molecule has 0 unspecified atom stereocenters. The summed E-state index contributed by atoms with van der Waals surface area (Å²) in [6.45, 7) is 5.49. The van der Waals surface area contributed by atoms with Gasteiger partial charge in [-0.15, -0.1) is 0 Å². The van der Waals surface area contributed by atoms with Gasteiger partial charge in [0.1, 0.15) is 0 Å². The molecule has 1 heterocycles. The van der Waals surface area contributed by atoms with Gasteiger partial charge >= 0.3 is 6.09 Å². The molecule has 1 aliphatic heterocycles. The lowest BCUT2D eigenvalue weighted by Crippen LogP contribution is -2.55. The largest absolute Gasteiger partial charge is 0.449 e. The van der Waals surface area contributed by atoms with E-state index in [-0.39, 0.29) is 25.2 Å². The molecule has 0 aromatic heterocycles. The minimum Gasteiger partial charge on any atom is -0.449 e. The van der Waals surface area contributed by atoms with Crippen molar-refractivity contribution in [1.29, 1.82) is 0 Å². The molecule has 0 bridgehead atoms. The molecule has 0 spiro atoms.